The average Bonchev–Trinajstić information content (AvgIpc) is 1.84. The molecule has 4 N–H and O–H groups in total. The predicted molar refractivity (Wildman–Crippen MR) is 34.5 cm³/mol. The van der Waals surface area contributed by atoms with Crippen LogP contribution in [0.3, 0.4) is 0 Å². The van der Waals surface area contributed by atoms with E-state index in [2.05, 4.69) is 0 Å². The van der Waals surface area contributed by atoms with Crippen molar-refractivity contribution in [1.82, 2.24) is 0 Å². The Kier molecular flexibility index (Phi) is 5.69. The maximum Gasteiger partial charge on any atom is 0.335 e. The molecule has 0 heterocycles. The number of carboxylic acid groups (broad SMARTS) is 2. The highest BCUT2D eigenvalue weighted by atomic mass is 35.5. The van der Waals surface area contributed by atoms with Crippen LogP contribution in [-0.4, -0.2) is 44.6 Å². The first kappa shape index (κ1) is 12.8. The molecule has 0 unspecified atom stereocenters. The van der Waals surface area contributed by atoms with E-state index in [1.807, 2.05) is 0 Å². The van der Waals surface area contributed by atoms with E-state index in [0.717, 1.165) is 0 Å². The fraction of sp³-hybridized carbons (Fsp3) is 0.500. The van der Waals surface area contributed by atoms with Crippen LogP contribution in [0, 0.1) is 0 Å². The van der Waals surface area contributed by atoms with Gasteiger partial charge in [0.25, 0.3) is 0 Å². The van der Waals surface area contributed by atoms with Gasteiger partial charge in [-0.2, -0.15) is 0 Å². The lowest BCUT2D eigenvalue weighted by Crippen LogP contribution is -2.39. The third-order valence-electron chi connectivity index (χ3n) is 0.805. The summed E-state index contributed by atoms with van der Waals surface area (Å²) in [5.41, 5.74) is 0. The number of aliphatic carboxylic acids is 2. The highest BCUT2D eigenvalue weighted by Crippen LogP contribution is 1.92. The minimum atomic E-state index is -2.27. The Balaban J connectivity index is 0. The van der Waals surface area contributed by atoms with Crippen molar-refractivity contribution in [3.63, 3.8) is 0 Å². The van der Waals surface area contributed by atoms with E-state index in [1.54, 1.807) is 0 Å². The molecule has 2 atom stereocenters. The van der Waals surface area contributed by atoms with Gasteiger partial charge in [-0.3, -0.25) is 0 Å². The minimum absolute atomic E-state index is 0. The number of rotatable bonds is 3. The Morgan fingerprint density at radius 2 is 1.09 bits per heavy atom. The van der Waals surface area contributed by atoms with Crippen LogP contribution in [0.4, 0.5) is 0 Å². The Morgan fingerprint density at radius 3 is 1.18 bits per heavy atom. The third-order valence-corrected chi connectivity index (χ3v) is 0.805. The molecule has 0 saturated heterocycles. The molecule has 6 nitrogen and oxygen atoms in total. The molecule has 0 radical (unpaired) electrons. The summed E-state index contributed by atoms with van der Waals surface area (Å²) in [6.45, 7) is 0. The van der Waals surface area contributed by atoms with Gasteiger partial charge in [0, 0.05) is 0 Å². The smallest absolute Gasteiger partial charge is 0.335 e. The van der Waals surface area contributed by atoms with Crippen LogP contribution in [0.1, 0.15) is 0 Å². The molecule has 0 spiro atoms. The Bertz CT molecular complexity index is 139. The molecule has 66 valence electrons. The van der Waals surface area contributed by atoms with E-state index < -0.39 is 24.1 Å². The standard InChI is InChI=1S/C4H6O6.ClH/c5-1(3(7)8)2(6)4(9)10;/h1-2,5-6H,(H,7,8)(H,9,10);1H/t1-,2-;/m1./s1. The zero-order valence-corrected chi connectivity index (χ0v) is 5.98. The number of halogens is 1. The fourth-order valence-electron chi connectivity index (χ4n) is 0.270. The first-order valence-electron chi connectivity index (χ1n) is 2.28. The minimum Gasteiger partial charge on any atom is -0.479 e. The molecule has 11 heavy (non-hydrogen) atoms. The van der Waals surface area contributed by atoms with Gasteiger partial charge in [-0.05, 0) is 0 Å². The predicted octanol–water partition coefficient (Wildman–Crippen LogP) is -1.70. The second-order valence-electron chi connectivity index (χ2n) is 1.57. The maximum absolute atomic E-state index is 9.77. The number of carbonyl (C=O) groups is 2. The van der Waals surface area contributed by atoms with Gasteiger partial charge < -0.3 is 20.4 Å². The molecule has 0 aliphatic heterocycles. The Hall–Kier alpha value is -0.850. The molecular weight excluding hydrogens is 179 g/mol. The van der Waals surface area contributed by atoms with Gasteiger partial charge in [-0.1, -0.05) is 0 Å². The lowest BCUT2D eigenvalue weighted by Gasteiger charge is -2.07. The number of aliphatic hydroxyl groups is 2. The van der Waals surface area contributed by atoms with Crippen molar-refractivity contribution in [1.29, 1.82) is 0 Å². The molecule has 7 heteroatoms. The number of aliphatic hydroxyl groups excluding tert-OH is 2. The zero-order chi connectivity index (χ0) is 8.31. The SMILES string of the molecule is Cl.O=C(O)[C@H](O)[C@@H](O)C(=O)O. The molecule has 0 amide bonds. The molecule has 0 aromatic heterocycles. The van der Waals surface area contributed by atoms with E-state index in [-0.39, 0.29) is 12.4 Å². The quantitative estimate of drug-likeness (QED) is 0.418. The molecule has 0 rings (SSSR count). The largest absolute Gasteiger partial charge is 0.479 e. The van der Waals surface area contributed by atoms with Crippen molar-refractivity contribution in [3.05, 3.63) is 0 Å². The summed E-state index contributed by atoms with van der Waals surface area (Å²) in [5, 5.41) is 32.5. The molecule has 0 aliphatic carbocycles. The van der Waals surface area contributed by atoms with Crippen LogP contribution in [0.15, 0.2) is 0 Å². The van der Waals surface area contributed by atoms with E-state index in [4.69, 9.17) is 20.4 Å². The van der Waals surface area contributed by atoms with Crippen molar-refractivity contribution >= 4 is 24.3 Å². The first-order valence-corrected chi connectivity index (χ1v) is 2.28. The number of carboxylic acids is 2. The zero-order valence-electron chi connectivity index (χ0n) is 5.17. The van der Waals surface area contributed by atoms with E-state index in [9.17, 15) is 9.59 Å². The van der Waals surface area contributed by atoms with Gasteiger partial charge in [0.05, 0.1) is 0 Å². The van der Waals surface area contributed by atoms with Crippen molar-refractivity contribution in [2.75, 3.05) is 0 Å². The lowest BCUT2D eigenvalue weighted by atomic mass is 10.2. The highest BCUT2D eigenvalue weighted by molar-refractivity contribution is 5.85. The van der Waals surface area contributed by atoms with Crippen LogP contribution in [0.25, 0.3) is 0 Å². The van der Waals surface area contributed by atoms with E-state index in [0.29, 0.717) is 0 Å². The number of hydrogen-bond acceptors (Lipinski definition) is 4. The normalized spacial score (nSPS) is 14.4. The van der Waals surface area contributed by atoms with Crippen molar-refractivity contribution in [2.45, 2.75) is 12.2 Å². The van der Waals surface area contributed by atoms with Crippen LogP contribution in [-0.2, 0) is 9.59 Å². The summed E-state index contributed by atoms with van der Waals surface area (Å²) >= 11 is 0. The highest BCUT2D eigenvalue weighted by Gasteiger charge is 2.29. The maximum atomic E-state index is 9.77. The van der Waals surface area contributed by atoms with Crippen molar-refractivity contribution < 1.29 is 30.0 Å². The monoisotopic (exact) mass is 186 g/mol. The molecule has 0 fully saturated rings. The Morgan fingerprint density at radius 1 is 0.909 bits per heavy atom. The van der Waals surface area contributed by atoms with Crippen LogP contribution < -0.4 is 0 Å². The summed E-state index contributed by atoms with van der Waals surface area (Å²) in [6.07, 6.45) is -4.53. The van der Waals surface area contributed by atoms with Crippen LogP contribution >= 0.6 is 12.4 Å². The lowest BCUT2D eigenvalue weighted by molar-refractivity contribution is -0.165. The molecule has 0 saturated carbocycles. The summed E-state index contributed by atoms with van der Waals surface area (Å²) < 4.78 is 0. The average molecular weight is 187 g/mol. The summed E-state index contributed by atoms with van der Waals surface area (Å²) in [7, 11) is 0. The summed E-state index contributed by atoms with van der Waals surface area (Å²) in [5.74, 6) is -3.54. The van der Waals surface area contributed by atoms with Gasteiger partial charge in [-0.25, -0.2) is 9.59 Å². The number of hydrogen-bond donors (Lipinski definition) is 4. The van der Waals surface area contributed by atoms with Crippen molar-refractivity contribution in [2.24, 2.45) is 0 Å². The van der Waals surface area contributed by atoms with Gasteiger partial charge in [-0.15, -0.1) is 12.4 Å². The summed E-state index contributed by atoms with van der Waals surface area (Å²) in [4.78, 5) is 19.5. The van der Waals surface area contributed by atoms with Gasteiger partial charge in [0.2, 0.25) is 0 Å². The Labute approximate surface area is 67.5 Å². The van der Waals surface area contributed by atoms with Gasteiger partial charge >= 0.3 is 11.9 Å². The second-order valence-corrected chi connectivity index (χ2v) is 1.57. The molecule has 0 aliphatic rings. The van der Waals surface area contributed by atoms with Gasteiger partial charge in [0.1, 0.15) is 0 Å². The molecule has 0 bridgehead atoms. The fourth-order valence-corrected chi connectivity index (χ4v) is 0.270. The van der Waals surface area contributed by atoms with Crippen LogP contribution in [0.5, 0.6) is 0 Å². The molecule has 0 aromatic carbocycles. The summed E-state index contributed by atoms with van der Waals surface area (Å²) in [6, 6.07) is 0. The van der Waals surface area contributed by atoms with E-state index >= 15 is 0 Å². The topological polar surface area (TPSA) is 115 Å². The first-order chi connectivity index (χ1) is 4.46. The van der Waals surface area contributed by atoms with E-state index in [1.165, 1.54) is 0 Å². The molecular formula is C4H7ClO6. The van der Waals surface area contributed by atoms with Gasteiger partial charge in [0.15, 0.2) is 12.2 Å². The molecule has 0 aromatic rings. The third kappa shape index (κ3) is 3.76. The second kappa shape index (κ2) is 4.89. The van der Waals surface area contributed by atoms with Crippen LogP contribution in [0.2, 0.25) is 0 Å². The van der Waals surface area contributed by atoms with Crippen molar-refractivity contribution in [3.8, 4) is 0 Å².